The molecule has 4 N–H and O–H groups in total. The number of fused-ring (bicyclic) bond motifs is 2. The number of carbonyl (C=O) groups is 2. The predicted octanol–water partition coefficient (Wildman–Crippen LogP) is 9.53. The van der Waals surface area contributed by atoms with E-state index in [0.717, 1.165) is 24.3 Å². The molecule has 0 fully saturated rings. The van der Waals surface area contributed by atoms with Crippen LogP contribution in [0.4, 0.5) is 26.3 Å². The fourth-order valence-electron chi connectivity index (χ4n) is 5.21. The van der Waals surface area contributed by atoms with Crippen LogP contribution in [0, 0.1) is 0 Å². The predicted molar refractivity (Wildman–Crippen MR) is 208 cm³/mol. The Morgan fingerprint density at radius 1 is 0.678 bits per heavy atom. The summed E-state index contributed by atoms with van der Waals surface area (Å²) in [5, 5.41) is 13.0. The molecule has 0 aliphatic heterocycles. The van der Waals surface area contributed by atoms with Gasteiger partial charge >= 0.3 is 18.3 Å². The van der Waals surface area contributed by atoms with Crippen molar-refractivity contribution in [1.82, 2.24) is 15.3 Å². The van der Waals surface area contributed by atoms with Crippen LogP contribution in [0.15, 0.2) is 109 Å². The Balaban J connectivity index is 0.000000232. The molecule has 1 amide bonds. The molecule has 0 bridgehead atoms. The number of alkyl halides is 6. The fraction of sp³-hybridized carbons (Fsp3) is 0.238. The van der Waals surface area contributed by atoms with Gasteiger partial charge in [0.05, 0.1) is 35.5 Å². The highest BCUT2D eigenvalue weighted by molar-refractivity contribution is 5.98. The number of carbonyl (C=O) groups excluding carboxylic acids is 1. The molecule has 2 heterocycles. The third kappa shape index (κ3) is 13.4. The van der Waals surface area contributed by atoms with Crippen molar-refractivity contribution >= 4 is 33.7 Å². The van der Waals surface area contributed by atoms with Crippen LogP contribution >= 0.6 is 0 Å². The van der Waals surface area contributed by atoms with Crippen LogP contribution in [-0.2, 0) is 21.8 Å². The van der Waals surface area contributed by atoms with Gasteiger partial charge in [-0.25, -0.2) is 4.79 Å². The molecule has 6 aromatic rings. The minimum atomic E-state index is -4.41. The zero-order chi connectivity index (χ0) is 43.3. The minimum Gasteiger partial charge on any atom is -0.478 e. The third-order valence-electron chi connectivity index (χ3n) is 7.90. The lowest BCUT2D eigenvalue weighted by Gasteiger charge is -2.13. The van der Waals surface area contributed by atoms with E-state index in [2.05, 4.69) is 20.0 Å². The largest absolute Gasteiger partial charge is 0.478 e. The van der Waals surface area contributed by atoms with Crippen LogP contribution < -0.4 is 20.5 Å². The quantitative estimate of drug-likeness (QED) is 0.108. The number of carboxylic acids is 1. The molecule has 59 heavy (non-hydrogen) atoms. The second kappa shape index (κ2) is 20.4. The van der Waals surface area contributed by atoms with E-state index in [1.807, 2.05) is 13.8 Å². The van der Waals surface area contributed by atoms with E-state index in [9.17, 15) is 35.9 Å². The molecule has 4 aromatic carbocycles. The number of carboxylic acid groups (broad SMARTS) is 1. The van der Waals surface area contributed by atoms with Crippen molar-refractivity contribution in [2.24, 2.45) is 5.73 Å². The smallest absolute Gasteiger partial charge is 0.416 e. The van der Waals surface area contributed by atoms with E-state index in [4.69, 9.17) is 25.1 Å². The second-order valence-corrected chi connectivity index (χ2v) is 12.9. The highest BCUT2D eigenvalue weighted by Crippen LogP contribution is 2.35. The first-order valence-electron chi connectivity index (χ1n) is 17.6. The summed E-state index contributed by atoms with van der Waals surface area (Å²) in [5.41, 5.74) is 5.09. The highest BCUT2D eigenvalue weighted by Gasteiger charge is 2.31. The molecule has 17 heteroatoms. The van der Waals surface area contributed by atoms with E-state index in [1.54, 1.807) is 56.7 Å². The van der Waals surface area contributed by atoms with Crippen molar-refractivity contribution in [2.75, 3.05) is 27.4 Å². The van der Waals surface area contributed by atoms with Crippen molar-refractivity contribution in [3.63, 3.8) is 0 Å². The number of halogens is 6. The van der Waals surface area contributed by atoms with E-state index < -0.39 is 29.4 Å². The maximum atomic E-state index is 12.7. The number of aromatic carboxylic acids is 1. The van der Waals surface area contributed by atoms with E-state index >= 15 is 0 Å². The Labute approximate surface area is 334 Å². The summed E-state index contributed by atoms with van der Waals surface area (Å²) in [4.78, 5) is 31.7. The van der Waals surface area contributed by atoms with E-state index in [1.165, 1.54) is 42.7 Å². The van der Waals surface area contributed by atoms with E-state index in [-0.39, 0.29) is 35.1 Å². The van der Waals surface area contributed by atoms with Gasteiger partial charge in [0.2, 0.25) is 0 Å². The molecule has 0 radical (unpaired) electrons. The lowest BCUT2D eigenvalue weighted by Crippen LogP contribution is -2.35. The Kier molecular flexibility index (Phi) is 15.7. The number of hydrogen-bond donors (Lipinski definition) is 3. The average molecular weight is 827 g/mol. The molecule has 11 nitrogen and oxygen atoms in total. The van der Waals surface area contributed by atoms with Crippen LogP contribution in [0.1, 0.15) is 45.7 Å². The van der Waals surface area contributed by atoms with Gasteiger partial charge in [-0.2, -0.15) is 26.3 Å². The summed E-state index contributed by atoms with van der Waals surface area (Å²) in [7, 11) is 3.20. The number of rotatable bonds is 11. The van der Waals surface area contributed by atoms with Crippen molar-refractivity contribution in [3.05, 3.63) is 132 Å². The van der Waals surface area contributed by atoms with Gasteiger partial charge in [-0.15, -0.1) is 0 Å². The molecule has 312 valence electrons. The summed E-state index contributed by atoms with van der Waals surface area (Å²) in [6.07, 6.45) is -6.19. The molecule has 0 saturated carbocycles. The number of para-hydroxylation sites is 2. The molecule has 0 saturated heterocycles. The summed E-state index contributed by atoms with van der Waals surface area (Å²) in [5.74, 6) is -0.204. The van der Waals surface area contributed by atoms with Crippen molar-refractivity contribution < 1.29 is 60.0 Å². The first kappa shape index (κ1) is 45.4. The molecule has 2 atom stereocenters. The van der Waals surface area contributed by atoms with Gasteiger partial charge in [0.15, 0.2) is 11.5 Å². The van der Waals surface area contributed by atoms with Gasteiger partial charge < -0.3 is 35.1 Å². The van der Waals surface area contributed by atoms with Gasteiger partial charge in [0, 0.05) is 49.5 Å². The number of benzene rings is 4. The van der Waals surface area contributed by atoms with Crippen LogP contribution in [0.2, 0.25) is 0 Å². The molecule has 0 unspecified atom stereocenters. The van der Waals surface area contributed by atoms with Gasteiger partial charge in [0.1, 0.15) is 22.5 Å². The SMILES string of the molecule is COC[C@@H](C)N.COC[C@@H](C)NC(=O)c1cnc2c(Oc3ccc(C(F)(F)F)cc3)cccc2c1.O=C(O)c1cnc2c(Oc3ccc(C(F)(F)F)cc3)cccc2c1. The molecule has 0 aliphatic rings. The van der Waals surface area contributed by atoms with Gasteiger partial charge in [0.25, 0.3) is 5.91 Å². The standard InChI is InChI=1S/C21H19F3N2O3.C17H10F3NO3.C4H11NO/c1-13(12-28-2)26-20(27)15-10-14-4-3-5-18(19(14)25-11-15)29-17-8-6-16(7-9-17)21(22,23)24;18-17(19,20)12-4-6-13(7-5-12)24-14-3-1-2-10-8-11(16(22)23)9-21-15(10)14;1-4(5)3-6-2/h3-11,13H,12H2,1-2H3,(H,26,27);1-9H,(H,22,23);4H,3,5H2,1-2H3/t13-;;4-/m1.1/s1. The first-order valence-corrected chi connectivity index (χ1v) is 17.6. The van der Waals surface area contributed by atoms with Crippen molar-refractivity contribution in [1.29, 1.82) is 0 Å². The highest BCUT2D eigenvalue weighted by atomic mass is 19.4. The number of ether oxygens (including phenoxy) is 4. The van der Waals surface area contributed by atoms with Crippen LogP contribution in [0.25, 0.3) is 21.8 Å². The number of methoxy groups -OCH3 is 2. The minimum absolute atomic E-state index is 0.0363. The lowest BCUT2D eigenvalue weighted by molar-refractivity contribution is -0.138. The molecule has 0 spiro atoms. The Morgan fingerprint density at radius 3 is 1.47 bits per heavy atom. The summed E-state index contributed by atoms with van der Waals surface area (Å²) < 4.78 is 96.7. The number of nitrogens with zero attached hydrogens (tertiary/aromatic N) is 2. The Bertz CT molecular complexity index is 2320. The van der Waals surface area contributed by atoms with Gasteiger partial charge in [-0.3, -0.25) is 14.8 Å². The van der Waals surface area contributed by atoms with Crippen molar-refractivity contribution in [2.45, 2.75) is 38.3 Å². The number of pyridine rings is 2. The normalized spacial score (nSPS) is 12.3. The summed E-state index contributed by atoms with van der Waals surface area (Å²) in [6, 6.07) is 21.9. The van der Waals surface area contributed by atoms with Crippen LogP contribution in [0.5, 0.6) is 23.0 Å². The zero-order valence-electron chi connectivity index (χ0n) is 32.1. The Morgan fingerprint density at radius 2 is 1.10 bits per heavy atom. The van der Waals surface area contributed by atoms with Gasteiger partial charge in [-0.05, 0) is 86.6 Å². The number of nitrogens with two attached hydrogens (primary N) is 1. The number of hydrogen-bond acceptors (Lipinski definition) is 9. The summed E-state index contributed by atoms with van der Waals surface area (Å²) >= 11 is 0. The first-order chi connectivity index (χ1) is 27.9. The van der Waals surface area contributed by atoms with Crippen molar-refractivity contribution in [3.8, 4) is 23.0 Å². The molecule has 2 aromatic heterocycles. The van der Waals surface area contributed by atoms with Crippen LogP contribution in [-0.4, -0.2) is 66.5 Å². The molecular weight excluding hydrogens is 786 g/mol. The molecule has 6 rings (SSSR count). The topological polar surface area (TPSA) is 155 Å². The molecular formula is C42H40F6N4O7. The maximum Gasteiger partial charge on any atom is 0.416 e. The Hall–Kier alpha value is -6.30. The fourth-order valence-corrected chi connectivity index (χ4v) is 5.21. The summed E-state index contributed by atoms with van der Waals surface area (Å²) in [6.45, 7) is 4.77. The average Bonchev–Trinajstić information content (AvgIpc) is 3.18. The maximum absolute atomic E-state index is 12.7. The zero-order valence-corrected chi connectivity index (χ0v) is 32.1. The second-order valence-electron chi connectivity index (χ2n) is 12.9. The molecule has 0 aliphatic carbocycles. The lowest BCUT2D eigenvalue weighted by atomic mass is 10.1. The number of nitrogens with one attached hydrogen (secondary N) is 1. The number of aromatic nitrogens is 2. The third-order valence-corrected chi connectivity index (χ3v) is 7.90. The number of amides is 1. The van der Waals surface area contributed by atoms with Gasteiger partial charge in [-0.1, -0.05) is 24.3 Å². The monoisotopic (exact) mass is 826 g/mol. The van der Waals surface area contributed by atoms with E-state index in [0.29, 0.717) is 52.1 Å². The van der Waals surface area contributed by atoms with Crippen LogP contribution in [0.3, 0.4) is 0 Å².